The molecule has 0 aliphatic heterocycles. The molecule has 0 spiro atoms. The Morgan fingerprint density at radius 3 is 2.13 bits per heavy atom. The van der Waals surface area contributed by atoms with Crippen molar-refractivity contribution < 1.29 is 24.2 Å². The van der Waals surface area contributed by atoms with Crippen molar-refractivity contribution in [3.05, 3.63) is 77.1 Å². The van der Waals surface area contributed by atoms with Crippen molar-refractivity contribution in [3.8, 4) is 0 Å². The Morgan fingerprint density at radius 1 is 1.00 bits per heavy atom. The van der Waals surface area contributed by atoms with E-state index >= 15 is 0 Å². The lowest BCUT2D eigenvalue weighted by atomic mass is 9.90. The molecule has 1 unspecified atom stereocenters. The van der Waals surface area contributed by atoms with Crippen LogP contribution in [0.4, 0.5) is 4.39 Å². The first-order chi connectivity index (χ1) is 11.0. The molecule has 0 saturated carbocycles. The van der Waals surface area contributed by atoms with Crippen LogP contribution in [0.25, 0.3) is 6.08 Å². The summed E-state index contributed by atoms with van der Waals surface area (Å²) >= 11 is 0. The summed E-state index contributed by atoms with van der Waals surface area (Å²) in [6.07, 6.45) is 1.33. The molecule has 0 aliphatic carbocycles. The molecule has 2 aromatic carbocycles. The number of carboxylic acids is 2. The molecular weight excluding hydrogens is 299 g/mol. The van der Waals surface area contributed by atoms with E-state index < -0.39 is 23.7 Å². The van der Waals surface area contributed by atoms with Crippen molar-refractivity contribution in [2.45, 2.75) is 6.42 Å². The van der Waals surface area contributed by atoms with Crippen LogP contribution in [0.5, 0.6) is 0 Å². The Labute approximate surface area is 132 Å². The Bertz CT molecular complexity index is 720. The summed E-state index contributed by atoms with van der Waals surface area (Å²) in [5.74, 6) is -4.17. The minimum Gasteiger partial charge on any atom is -0.481 e. The first kappa shape index (κ1) is 16.4. The summed E-state index contributed by atoms with van der Waals surface area (Å²) in [6, 6.07) is 14.0. The molecular formula is C18H15FO4. The molecule has 0 heterocycles. The number of hydrogen-bond acceptors (Lipinski definition) is 2. The zero-order valence-corrected chi connectivity index (χ0v) is 12.1. The van der Waals surface area contributed by atoms with Crippen molar-refractivity contribution in [2.24, 2.45) is 5.92 Å². The lowest BCUT2D eigenvalue weighted by molar-refractivity contribution is -0.143. The summed E-state index contributed by atoms with van der Waals surface area (Å²) in [7, 11) is 0. The molecule has 0 fully saturated rings. The molecule has 1 atom stereocenters. The van der Waals surface area contributed by atoms with Gasteiger partial charge in [0.15, 0.2) is 0 Å². The highest BCUT2D eigenvalue weighted by atomic mass is 19.1. The molecule has 0 radical (unpaired) electrons. The minimum absolute atomic E-state index is 0.0650. The van der Waals surface area contributed by atoms with Gasteiger partial charge in [-0.1, -0.05) is 42.5 Å². The highest BCUT2D eigenvalue weighted by Gasteiger charge is 2.27. The highest BCUT2D eigenvalue weighted by Crippen LogP contribution is 2.21. The molecule has 0 amide bonds. The van der Waals surface area contributed by atoms with Gasteiger partial charge in [-0.05, 0) is 35.8 Å². The quantitative estimate of drug-likeness (QED) is 0.803. The van der Waals surface area contributed by atoms with Crippen molar-refractivity contribution in [1.82, 2.24) is 0 Å². The summed E-state index contributed by atoms with van der Waals surface area (Å²) in [5, 5.41) is 18.8. The van der Waals surface area contributed by atoms with Gasteiger partial charge in [-0.25, -0.2) is 9.18 Å². The molecule has 5 heteroatoms. The topological polar surface area (TPSA) is 74.6 Å². The SMILES string of the molecule is O=C(O)/C(=C\c1ccc(F)cc1)C(Cc1ccccc1)C(=O)O. The van der Waals surface area contributed by atoms with Gasteiger partial charge in [0.05, 0.1) is 11.5 Å². The lowest BCUT2D eigenvalue weighted by Crippen LogP contribution is -2.23. The van der Waals surface area contributed by atoms with Gasteiger partial charge in [-0.2, -0.15) is 0 Å². The number of aliphatic carboxylic acids is 2. The van der Waals surface area contributed by atoms with Crippen LogP contribution >= 0.6 is 0 Å². The van der Waals surface area contributed by atoms with E-state index in [-0.39, 0.29) is 12.0 Å². The smallest absolute Gasteiger partial charge is 0.332 e. The molecule has 0 aliphatic rings. The monoisotopic (exact) mass is 314 g/mol. The summed E-state index contributed by atoms with van der Waals surface area (Å²) in [5.41, 5.74) is 0.919. The molecule has 4 nitrogen and oxygen atoms in total. The predicted molar refractivity (Wildman–Crippen MR) is 83.3 cm³/mol. The summed E-state index contributed by atoms with van der Waals surface area (Å²) in [4.78, 5) is 23.0. The van der Waals surface area contributed by atoms with Crippen molar-refractivity contribution >= 4 is 18.0 Å². The van der Waals surface area contributed by atoms with E-state index in [9.17, 15) is 24.2 Å². The molecule has 0 aromatic heterocycles. The van der Waals surface area contributed by atoms with E-state index in [4.69, 9.17) is 0 Å². The Balaban J connectivity index is 2.37. The summed E-state index contributed by atoms with van der Waals surface area (Å²) in [6.45, 7) is 0. The van der Waals surface area contributed by atoms with Crippen LogP contribution in [0.1, 0.15) is 11.1 Å². The standard InChI is InChI=1S/C18H15FO4/c19-14-8-6-13(7-9-14)11-16(18(22)23)15(17(20)21)10-12-4-2-1-3-5-12/h1-9,11,15H,10H2,(H,20,21)(H,22,23)/b16-11-. The number of hydrogen-bond donors (Lipinski definition) is 2. The molecule has 0 bridgehead atoms. The maximum absolute atomic E-state index is 12.9. The minimum atomic E-state index is -1.31. The maximum Gasteiger partial charge on any atom is 0.332 e. The Morgan fingerprint density at radius 2 is 1.61 bits per heavy atom. The van der Waals surface area contributed by atoms with E-state index in [2.05, 4.69) is 0 Å². The normalized spacial score (nSPS) is 12.7. The zero-order valence-electron chi connectivity index (χ0n) is 12.1. The Kier molecular flexibility index (Phi) is 5.25. The van der Waals surface area contributed by atoms with E-state index in [1.807, 2.05) is 0 Å². The van der Waals surface area contributed by atoms with Gasteiger partial charge >= 0.3 is 11.9 Å². The Hall–Kier alpha value is -2.95. The fraction of sp³-hybridized carbons (Fsp3) is 0.111. The molecule has 118 valence electrons. The van der Waals surface area contributed by atoms with Gasteiger partial charge in [-0.3, -0.25) is 4.79 Å². The number of halogens is 1. The van der Waals surface area contributed by atoms with E-state index in [1.54, 1.807) is 30.3 Å². The largest absolute Gasteiger partial charge is 0.481 e. The maximum atomic E-state index is 12.9. The van der Waals surface area contributed by atoms with Gasteiger partial charge in [0.1, 0.15) is 5.82 Å². The van der Waals surface area contributed by atoms with Gasteiger partial charge in [0.25, 0.3) is 0 Å². The first-order valence-electron chi connectivity index (χ1n) is 6.94. The van der Waals surface area contributed by atoms with Gasteiger partial charge in [0.2, 0.25) is 0 Å². The fourth-order valence-corrected chi connectivity index (χ4v) is 2.23. The van der Waals surface area contributed by atoms with Crippen LogP contribution in [-0.4, -0.2) is 22.2 Å². The second-order valence-electron chi connectivity index (χ2n) is 5.04. The second kappa shape index (κ2) is 7.35. The number of benzene rings is 2. The van der Waals surface area contributed by atoms with Gasteiger partial charge in [-0.15, -0.1) is 0 Å². The van der Waals surface area contributed by atoms with Crippen molar-refractivity contribution in [2.75, 3.05) is 0 Å². The van der Waals surface area contributed by atoms with Crippen LogP contribution in [0.15, 0.2) is 60.2 Å². The third kappa shape index (κ3) is 4.51. The lowest BCUT2D eigenvalue weighted by Gasteiger charge is -2.14. The average molecular weight is 314 g/mol. The van der Waals surface area contributed by atoms with Crippen LogP contribution in [-0.2, 0) is 16.0 Å². The third-order valence-corrected chi connectivity index (χ3v) is 3.40. The van der Waals surface area contributed by atoms with E-state index in [1.165, 1.54) is 30.3 Å². The zero-order chi connectivity index (χ0) is 16.8. The van der Waals surface area contributed by atoms with Gasteiger partial charge in [0, 0.05) is 0 Å². The van der Waals surface area contributed by atoms with Crippen molar-refractivity contribution in [1.29, 1.82) is 0 Å². The summed E-state index contributed by atoms with van der Waals surface area (Å²) < 4.78 is 12.9. The highest BCUT2D eigenvalue weighted by molar-refractivity contribution is 5.98. The number of carbonyl (C=O) groups is 2. The van der Waals surface area contributed by atoms with Crippen LogP contribution in [0.2, 0.25) is 0 Å². The number of rotatable bonds is 6. The number of carboxylic acid groups (broad SMARTS) is 2. The van der Waals surface area contributed by atoms with Crippen molar-refractivity contribution in [3.63, 3.8) is 0 Å². The van der Waals surface area contributed by atoms with Crippen LogP contribution in [0, 0.1) is 11.7 Å². The average Bonchev–Trinajstić information content (AvgIpc) is 2.53. The first-order valence-corrected chi connectivity index (χ1v) is 6.94. The third-order valence-electron chi connectivity index (χ3n) is 3.40. The predicted octanol–water partition coefficient (Wildman–Crippen LogP) is 3.24. The molecule has 2 N–H and O–H groups in total. The van der Waals surface area contributed by atoms with Crippen LogP contribution in [0.3, 0.4) is 0 Å². The molecule has 2 aromatic rings. The second-order valence-corrected chi connectivity index (χ2v) is 5.04. The molecule has 2 rings (SSSR count). The fourth-order valence-electron chi connectivity index (χ4n) is 2.23. The van der Waals surface area contributed by atoms with Crippen LogP contribution < -0.4 is 0 Å². The van der Waals surface area contributed by atoms with E-state index in [0.717, 1.165) is 5.56 Å². The molecule has 0 saturated heterocycles. The van der Waals surface area contributed by atoms with Gasteiger partial charge < -0.3 is 10.2 Å². The van der Waals surface area contributed by atoms with E-state index in [0.29, 0.717) is 5.56 Å². The molecule has 23 heavy (non-hydrogen) atoms.